The van der Waals surface area contributed by atoms with E-state index in [2.05, 4.69) is 20.9 Å². The second-order valence-electron chi connectivity index (χ2n) is 4.23. The maximum atomic E-state index is 8.79. The molecule has 0 atom stereocenters. The highest BCUT2D eigenvalue weighted by Crippen LogP contribution is 2.22. The second kappa shape index (κ2) is 5.72. The van der Waals surface area contributed by atoms with Gasteiger partial charge in [0.25, 0.3) is 0 Å². The number of hydrogen-bond donors (Lipinski definition) is 1. The van der Waals surface area contributed by atoms with Crippen LogP contribution in [0.2, 0.25) is 0 Å². The normalized spacial score (nSPS) is 9.95. The fourth-order valence-corrected chi connectivity index (χ4v) is 2.06. The minimum atomic E-state index is 0.471. The van der Waals surface area contributed by atoms with Crippen molar-refractivity contribution in [3.05, 3.63) is 52.1 Å². The third-order valence-corrected chi connectivity index (χ3v) is 3.25. The molecule has 0 saturated heterocycles. The minimum Gasteiger partial charge on any atom is -0.396 e. The molecule has 0 aliphatic heterocycles. The van der Waals surface area contributed by atoms with Crippen molar-refractivity contribution >= 4 is 27.4 Å². The van der Waals surface area contributed by atoms with E-state index in [4.69, 9.17) is 11.0 Å². The molecule has 0 amide bonds. The molecule has 0 fully saturated rings. The number of aromatic nitrogens is 1. The Morgan fingerprint density at radius 3 is 2.63 bits per heavy atom. The Hall–Kier alpha value is -2.06. The van der Waals surface area contributed by atoms with E-state index < -0.39 is 0 Å². The van der Waals surface area contributed by atoms with Gasteiger partial charge in [-0.15, -0.1) is 0 Å². The number of benzene rings is 1. The van der Waals surface area contributed by atoms with Crippen LogP contribution in [-0.2, 0) is 6.54 Å². The lowest BCUT2D eigenvalue weighted by molar-refractivity contribution is 0.899. The first-order valence-electron chi connectivity index (χ1n) is 5.71. The number of rotatable bonds is 3. The number of nitrogens with two attached hydrogens (primary N) is 1. The third-order valence-electron chi connectivity index (χ3n) is 2.72. The lowest BCUT2D eigenvalue weighted by Gasteiger charge is -2.20. The molecule has 0 radical (unpaired) electrons. The Morgan fingerprint density at radius 2 is 2.05 bits per heavy atom. The molecule has 19 heavy (non-hydrogen) atoms. The van der Waals surface area contributed by atoms with Crippen molar-refractivity contribution in [2.45, 2.75) is 6.54 Å². The quantitative estimate of drug-likeness (QED) is 0.945. The molecule has 2 N–H and O–H groups in total. The number of nitrogens with zero attached hydrogens (tertiary/aromatic N) is 3. The summed E-state index contributed by atoms with van der Waals surface area (Å²) in [6.45, 7) is 0.705. The topological polar surface area (TPSA) is 65.9 Å². The zero-order valence-corrected chi connectivity index (χ0v) is 12.1. The molecule has 2 aromatic rings. The summed E-state index contributed by atoms with van der Waals surface area (Å²) < 4.78 is 1.05. The van der Waals surface area contributed by atoms with E-state index in [1.807, 2.05) is 42.3 Å². The van der Waals surface area contributed by atoms with Crippen molar-refractivity contribution in [1.82, 2.24) is 4.98 Å². The van der Waals surface area contributed by atoms with Gasteiger partial charge >= 0.3 is 0 Å². The summed E-state index contributed by atoms with van der Waals surface area (Å²) in [6, 6.07) is 11.7. The van der Waals surface area contributed by atoms with E-state index in [0.29, 0.717) is 23.6 Å². The zero-order chi connectivity index (χ0) is 13.8. The van der Waals surface area contributed by atoms with Crippen LogP contribution < -0.4 is 10.6 Å². The monoisotopic (exact) mass is 316 g/mol. The number of nitrogen functional groups attached to an aromatic ring is 1. The average Bonchev–Trinajstić information content (AvgIpc) is 2.41. The van der Waals surface area contributed by atoms with Gasteiger partial charge in [-0.3, -0.25) is 0 Å². The van der Waals surface area contributed by atoms with Crippen LogP contribution in [0.15, 0.2) is 41.0 Å². The number of pyridine rings is 1. The lowest BCUT2D eigenvalue weighted by atomic mass is 10.2. The first-order valence-corrected chi connectivity index (χ1v) is 6.50. The van der Waals surface area contributed by atoms with Crippen LogP contribution in [-0.4, -0.2) is 12.0 Å². The zero-order valence-electron chi connectivity index (χ0n) is 10.5. The molecule has 1 aromatic heterocycles. The molecule has 0 aliphatic rings. The Kier molecular flexibility index (Phi) is 4.03. The Morgan fingerprint density at radius 1 is 1.37 bits per heavy atom. The van der Waals surface area contributed by atoms with E-state index in [9.17, 15) is 0 Å². The first kappa shape index (κ1) is 13.4. The van der Waals surface area contributed by atoms with Gasteiger partial charge in [0.1, 0.15) is 6.07 Å². The van der Waals surface area contributed by atoms with Gasteiger partial charge in [-0.2, -0.15) is 5.26 Å². The molecule has 0 aliphatic carbocycles. The smallest absolute Gasteiger partial charge is 0.151 e. The molecule has 0 unspecified atom stereocenters. The Balaban J connectivity index is 2.18. The molecule has 1 aromatic carbocycles. The first-order chi connectivity index (χ1) is 9.10. The van der Waals surface area contributed by atoms with E-state index in [1.54, 1.807) is 6.07 Å². The number of nitriles is 1. The van der Waals surface area contributed by atoms with Crippen molar-refractivity contribution < 1.29 is 0 Å². The summed E-state index contributed by atoms with van der Waals surface area (Å²) in [7, 11) is 1.92. The summed E-state index contributed by atoms with van der Waals surface area (Å²) in [5.41, 5.74) is 8.06. The molecular weight excluding hydrogens is 304 g/mol. The van der Waals surface area contributed by atoms with Gasteiger partial charge < -0.3 is 10.6 Å². The van der Waals surface area contributed by atoms with Crippen LogP contribution in [0.3, 0.4) is 0 Å². The van der Waals surface area contributed by atoms with Crippen LogP contribution in [0, 0.1) is 11.3 Å². The van der Waals surface area contributed by atoms with Crippen LogP contribution >= 0.6 is 15.9 Å². The Bertz CT molecular complexity index is 616. The number of halogens is 1. The predicted octanol–water partition coefficient (Wildman–Crippen LogP) is 2.93. The van der Waals surface area contributed by atoms with Crippen molar-refractivity contribution in [1.29, 1.82) is 5.26 Å². The van der Waals surface area contributed by atoms with E-state index in [-0.39, 0.29) is 0 Å². The number of anilines is 2. The Labute approximate surface area is 120 Å². The highest BCUT2D eigenvalue weighted by molar-refractivity contribution is 9.10. The third kappa shape index (κ3) is 3.24. The molecule has 1 heterocycles. The van der Waals surface area contributed by atoms with Crippen molar-refractivity contribution in [2.24, 2.45) is 0 Å². The van der Waals surface area contributed by atoms with E-state index in [0.717, 1.165) is 10.0 Å². The SMILES string of the molecule is CN(Cc1ccc(Br)cc1)c1ncc(C#N)cc1N. The molecule has 2 rings (SSSR count). The molecule has 0 saturated carbocycles. The van der Waals surface area contributed by atoms with E-state index in [1.165, 1.54) is 6.20 Å². The standard InChI is InChI=1S/C14H13BrN4/c1-19(9-10-2-4-12(15)5-3-10)14-13(17)6-11(7-16)8-18-14/h2-6,8H,9,17H2,1H3. The highest BCUT2D eigenvalue weighted by atomic mass is 79.9. The van der Waals surface area contributed by atoms with Crippen LogP contribution in [0.5, 0.6) is 0 Å². The molecule has 0 bridgehead atoms. The van der Waals surface area contributed by atoms with Crippen LogP contribution in [0.25, 0.3) is 0 Å². The van der Waals surface area contributed by atoms with Gasteiger partial charge in [-0.05, 0) is 23.8 Å². The molecule has 5 heteroatoms. The summed E-state index contributed by atoms with van der Waals surface area (Å²) in [6.07, 6.45) is 1.53. The minimum absolute atomic E-state index is 0.471. The summed E-state index contributed by atoms with van der Waals surface area (Å²) in [5, 5.41) is 8.79. The van der Waals surface area contributed by atoms with Gasteiger partial charge in [-0.25, -0.2) is 4.98 Å². The van der Waals surface area contributed by atoms with Gasteiger partial charge in [-0.1, -0.05) is 28.1 Å². The van der Waals surface area contributed by atoms with Gasteiger partial charge in [0.05, 0.1) is 11.3 Å². The fraction of sp³-hybridized carbons (Fsp3) is 0.143. The second-order valence-corrected chi connectivity index (χ2v) is 5.15. The van der Waals surface area contributed by atoms with Crippen molar-refractivity contribution in [2.75, 3.05) is 17.7 Å². The fourth-order valence-electron chi connectivity index (χ4n) is 1.79. The maximum Gasteiger partial charge on any atom is 0.151 e. The van der Waals surface area contributed by atoms with Crippen LogP contribution in [0.1, 0.15) is 11.1 Å². The maximum absolute atomic E-state index is 8.79. The van der Waals surface area contributed by atoms with Gasteiger partial charge in [0.2, 0.25) is 0 Å². The molecule has 96 valence electrons. The summed E-state index contributed by atoms with van der Waals surface area (Å²) in [5.74, 6) is 0.682. The lowest BCUT2D eigenvalue weighted by Crippen LogP contribution is -2.19. The van der Waals surface area contributed by atoms with E-state index >= 15 is 0 Å². The summed E-state index contributed by atoms with van der Waals surface area (Å²) in [4.78, 5) is 6.19. The van der Waals surface area contributed by atoms with Crippen molar-refractivity contribution in [3.63, 3.8) is 0 Å². The number of hydrogen-bond acceptors (Lipinski definition) is 4. The van der Waals surface area contributed by atoms with Crippen LogP contribution in [0.4, 0.5) is 11.5 Å². The van der Waals surface area contributed by atoms with Gasteiger partial charge in [0.15, 0.2) is 5.82 Å². The molecule has 4 nitrogen and oxygen atoms in total. The predicted molar refractivity (Wildman–Crippen MR) is 79.6 cm³/mol. The highest BCUT2D eigenvalue weighted by Gasteiger charge is 2.08. The average molecular weight is 317 g/mol. The molecular formula is C14H13BrN4. The largest absolute Gasteiger partial charge is 0.396 e. The van der Waals surface area contributed by atoms with Crippen molar-refractivity contribution in [3.8, 4) is 6.07 Å². The summed E-state index contributed by atoms with van der Waals surface area (Å²) >= 11 is 3.41. The molecule has 0 spiro atoms. The van der Waals surface area contributed by atoms with Gasteiger partial charge in [0, 0.05) is 24.3 Å².